The van der Waals surface area contributed by atoms with Gasteiger partial charge < -0.3 is 10.1 Å². The van der Waals surface area contributed by atoms with Crippen LogP contribution in [0.2, 0.25) is 0 Å². The summed E-state index contributed by atoms with van der Waals surface area (Å²) in [6.07, 6.45) is 4.88. The summed E-state index contributed by atoms with van der Waals surface area (Å²) >= 11 is 0. The summed E-state index contributed by atoms with van der Waals surface area (Å²) < 4.78 is 5.64. The summed E-state index contributed by atoms with van der Waals surface area (Å²) in [5, 5.41) is 3.56. The van der Waals surface area contributed by atoms with E-state index in [0.717, 1.165) is 25.3 Å². The lowest BCUT2D eigenvalue weighted by Gasteiger charge is -2.29. The average Bonchev–Trinajstić information content (AvgIpc) is 2.87. The minimum absolute atomic E-state index is 0.0276. The van der Waals surface area contributed by atoms with E-state index < -0.39 is 0 Å². The molecule has 3 nitrogen and oxygen atoms in total. The van der Waals surface area contributed by atoms with Gasteiger partial charge in [-0.15, -0.1) is 0 Å². The highest BCUT2D eigenvalue weighted by atomic mass is 16.5. The fourth-order valence-electron chi connectivity index (χ4n) is 2.78. The van der Waals surface area contributed by atoms with E-state index in [1.807, 2.05) is 0 Å². The third-order valence-electron chi connectivity index (χ3n) is 4.23. The monoisotopic (exact) mass is 232 g/mol. The Bertz CT molecular complexity index is 432. The van der Waals surface area contributed by atoms with Gasteiger partial charge >= 0.3 is 0 Å². The topological polar surface area (TPSA) is 34.1 Å². The van der Waals surface area contributed by atoms with E-state index in [-0.39, 0.29) is 11.6 Å². The molecule has 1 aliphatic carbocycles. The Morgan fingerprint density at radius 2 is 2.29 bits per heavy atom. The highest BCUT2D eigenvalue weighted by molar-refractivity contribution is 5.43. The zero-order valence-corrected chi connectivity index (χ0v) is 10.6. The number of aromatic nitrogens is 1. The van der Waals surface area contributed by atoms with Crippen LogP contribution < -0.4 is 5.32 Å². The molecule has 2 unspecified atom stereocenters. The van der Waals surface area contributed by atoms with Gasteiger partial charge in [0.15, 0.2) is 0 Å². The number of nitrogens with one attached hydrogen (secondary N) is 1. The molecule has 17 heavy (non-hydrogen) atoms. The van der Waals surface area contributed by atoms with Crippen LogP contribution in [0.3, 0.4) is 0 Å². The fraction of sp³-hybridized carbons (Fsp3) is 0.643. The van der Waals surface area contributed by atoms with Crippen molar-refractivity contribution >= 4 is 5.82 Å². The van der Waals surface area contributed by atoms with Crippen LogP contribution in [0, 0.1) is 0 Å². The standard InChI is InChI=1S/C14H20N2O/c1-10-14(2,8-9-17-10)16-13-7-6-11-4-3-5-12(11)15-13/h6-7,10H,3-5,8-9H2,1-2H3,(H,15,16). The van der Waals surface area contributed by atoms with Gasteiger partial charge in [-0.1, -0.05) is 6.07 Å². The first kappa shape index (κ1) is 11.0. The maximum absolute atomic E-state index is 5.64. The summed E-state index contributed by atoms with van der Waals surface area (Å²) in [5.74, 6) is 1.01. The zero-order chi connectivity index (χ0) is 11.9. The summed E-state index contributed by atoms with van der Waals surface area (Å²) in [7, 11) is 0. The van der Waals surface area contributed by atoms with Crippen molar-refractivity contribution in [2.45, 2.75) is 51.2 Å². The lowest BCUT2D eigenvalue weighted by molar-refractivity contribution is 0.105. The van der Waals surface area contributed by atoms with Gasteiger partial charge in [0.1, 0.15) is 5.82 Å². The average molecular weight is 232 g/mol. The predicted molar refractivity (Wildman–Crippen MR) is 68.3 cm³/mol. The van der Waals surface area contributed by atoms with Crippen molar-refractivity contribution in [3.05, 3.63) is 23.4 Å². The van der Waals surface area contributed by atoms with Crippen molar-refractivity contribution in [2.75, 3.05) is 11.9 Å². The van der Waals surface area contributed by atoms with E-state index in [4.69, 9.17) is 9.72 Å². The van der Waals surface area contributed by atoms with E-state index in [2.05, 4.69) is 31.3 Å². The lowest BCUT2D eigenvalue weighted by atomic mass is 9.95. The Morgan fingerprint density at radius 3 is 3.06 bits per heavy atom. The molecule has 1 aromatic rings. The molecule has 1 fully saturated rings. The third-order valence-corrected chi connectivity index (χ3v) is 4.23. The SMILES string of the molecule is CC1OCCC1(C)Nc1ccc2c(n1)CCC2. The first-order valence-electron chi connectivity index (χ1n) is 6.56. The quantitative estimate of drug-likeness (QED) is 0.851. The number of aryl methyl sites for hydroxylation is 2. The molecule has 92 valence electrons. The molecule has 0 saturated carbocycles. The van der Waals surface area contributed by atoms with Crippen LogP contribution >= 0.6 is 0 Å². The van der Waals surface area contributed by atoms with Gasteiger partial charge in [-0.25, -0.2) is 4.98 Å². The van der Waals surface area contributed by atoms with Gasteiger partial charge in [0, 0.05) is 12.3 Å². The fourth-order valence-corrected chi connectivity index (χ4v) is 2.78. The number of pyridine rings is 1. The zero-order valence-electron chi connectivity index (χ0n) is 10.6. The lowest BCUT2D eigenvalue weighted by Crippen LogP contribution is -2.41. The highest BCUT2D eigenvalue weighted by Crippen LogP contribution is 2.30. The van der Waals surface area contributed by atoms with Gasteiger partial charge in [0.2, 0.25) is 0 Å². The minimum Gasteiger partial charge on any atom is -0.376 e. The van der Waals surface area contributed by atoms with Crippen LogP contribution in [0.5, 0.6) is 0 Å². The van der Waals surface area contributed by atoms with E-state index in [1.165, 1.54) is 24.1 Å². The van der Waals surface area contributed by atoms with Gasteiger partial charge in [-0.05, 0) is 51.2 Å². The second-order valence-electron chi connectivity index (χ2n) is 5.46. The smallest absolute Gasteiger partial charge is 0.126 e. The van der Waals surface area contributed by atoms with Crippen molar-refractivity contribution in [1.82, 2.24) is 4.98 Å². The van der Waals surface area contributed by atoms with Crippen molar-refractivity contribution in [3.63, 3.8) is 0 Å². The summed E-state index contributed by atoms with van der Waals surface area (Å²) in [6.45, 7) is 5.20. The van der Waals surface area contributed by atoms with E-state index >= 15 is 0 Å². The number of anilines is 1. The van der Waals surface area contributed by atoms with Gasteiger partial charge in [-0.2, -0.15) is 0 Å². The molecule has 0 spiro atoms. The normalized spacial score (nSPS) is 31.5. The summed E-state index contributed by atoms with van der Waals surface area (Å²) in [6, 6.07) is 4.34. The number of hydrogen-bond donors (Lipinski definition) is 1. The van der Waals surface area contributed by atoms with Crippen LogP contribution in [0.4, 0.5) is 5.82 Å². The Hall–Kier alpha value is -1.09. The molecule has 3 heteroatoms. The molecule has 0 bridgehead atoms. The third kappa shape index (κ3) is 1.93. The molecular formula is C14H20N2O. The second-order valence-corrected chi connectivity index (χ2v) is 5.46. The van der Waals surface area contributed by atoms with Gasteiger partial charge in [0.25, 0.3) is 0 Å². The molecule has 1 aliphatic heterocycles. The molecule has 1 N–H and O–H groups in total. The number of hydrogen-bond acceptors (Lipinski definition) is 3. The largest absolute Gasteiger partial charge is 0.376 e. The molecular weight excluding hydrogens is 212 g/mol. The van der Waals surface area contributed by atoms with E-state index in [0.29, 0.717) is 0 Å². The molecule has 1 aromatic heterocycles. The Morgan fingerprint density at radius 1 is 1.41 bits per heavy atom. The molecule has 1 saturated heterocycles. The van der Waals surface area contributed by atoms with Crippen molar-refractivity contribution in [3.8, 4) is 0 Å². The Labute approximate surface area is 103 Å². The molecule has 0 radical (unpaired) electrons. The van der Waals surface area contributed by atoms with Crippen molar-refractivity contribution < 1.29 is 4.74 Å². The van der Waals surface area contributed by atoms with Crippen LogP contribution in [0.1, 0.15) is 37.9 Å². The number of rotatable bonds is 2. The molecule has 0 aromatic carbocycles. The maximum atomic E-state index is 5.64. The molecule has 2 aliphatic rings. The highest BCUT2D eigenvalue weighted by Gasteiger charge is 2.37. The summed E-state index contributed by atoms with van der Waals surface area (Å²) in [5.41, 5.74) is 2.74. The molecule has 2 atom stereocenters. The van der Waals surface area contributed by atoms with Crippen LogP contribution in [-0.2, 0) is 17.6 Å². The van der Waals surface area contributed by atoms with Gasteiger partial charge in [0.05, 0.1) is 11.6 Å². The number of nitrogens with zero attached hydrogens (tertiary/aromatic N) is 1. The second kappa shape index (κ2) is 3.98. The first-order valence-corrected chi connectivity index (χ1v) is 6.56. The van der Waals surface area contributed by atoms with E-state index in [1.54, 1.807) is 0 Å². The first-order chi connectivity index (χ1) is 8.17. The van der Waals surface area contributed by atoms with E-state index in [9.17, 15) is 0 Å². The number of fused-ring (bicyclic) bond motifs is 1. The van der Waals surface area contributed by atoms with Crippen LogP contribution in [-0.4, -0.2) is 23.2 Å². The predicted octanol–water partition coefficient (Wildman–Crippen LogP) is 2.55. The minimum atomic E-state index is 0.0276. The van der Waals surface area contributed by atoms with Crippen LogP contribution in [0.25, 0.3) is 0 Å². The Kier molecular flexibility index (Phi) is 2.58. The maximum Gasteiger partial charge on any atom is 0.126 e. The summed E-state index contributed by atoms with van der Waals surface area (Å²) in [4.78, 5) is 4.73. The molecule has 3 rings (SSSR count). The van der Waals surface area contributed by atoms with Crippen molar-refractivity contribution in [2.24, 2.45) is 0 Å². The van der Waals surface area contributed by atoms with Gasteiger partial charge in [-0.3, -0.25) is 0 Å². The number of ether oxygens (including phenoxy) is 1. The molecule has 0 amide bonds. The molecule has 2 heterocycles. The Balaban J connectivity index is 1.81. The van der Waals surface area contributed by atoms with Crippen molar-refractivity contribution in [1.29, 1.82) is 0 Å². The van der Waals surface area contributed by atoms with Crippen LogP contribution in [0.15, 0.2) is 12.1 Å².